The average molecular weight is 256 g/mol. The van der Waals surface area contributed by atoms with E-state index >= 15 is 0 Å². The van der Waals surface area contributed by atoms with Crippen molar-refractivity contribution in [1.29, 1.82) is 0 Å². The van der Waals surface area contributed by atoms with Crippen molar-refractivity contribution in [2.45, 2.75) is 49.8 Å². The maximum Gasteiger partial charge on any atom is 0.235 e. The van der Waals surface area contributed by atoms with E-state index in [1.54, 1.807) is 0 Å². The lowest BCUT2D eigenvalue weighted by Gasteiger charge is -2.31. The third-order valence-electron chi connectivity index (χ3n) is 3.90. The number of nitrogens with one attached hydrogen (secondary N) is 1. The normalized spacial score (nSPS) is 30.6. The van der Waals surface area contributed by atoms with Crippen molar-refractivity contribution >= 4 is 17.7 Å². The maximum absolute atomic E-state index is 12.4. The van der Waals surface area contributed by atoms with Crippen molar-refractivity contribution in [3.63, 3.8) is 0 Å². The SMILES string of the molecule is CN(C(=O)C1CCCCS1)C1CCCNCC1. The molecule has 2 heterocycles. The Hall–Kier alpha value is -0.220. The van der Waals surface area contributed by atoms with E-state index in [4.69, 9.17) is 0 Å². The fourth-order valence-corrected chi connectivity index (χ4v) is 4.03. The molecule has 0 radical (unpaired) electrons. The van der Waals surface area contributed by atoms with Gasteiger partial charge in [0, 0.05) is 13.1 Å². The van der Waals surface area contributed by atoms with Crippen LogP contribution in [0, 0.1) is 0 Å². The number of hydrogen-bond acceptors (Lipinski definition) is 3. The summed E-state index contributed by atoms with van der Waals surface area (Å²) in [6, 6.07) is 0.458. The first kappa shape index (κ1) is 13.2. The minimum Gasteiger partial charge on any atom is -0.342 e. The largest absolute Gasteiger partial charge is 0.342 e. The number of rotatable bonds is 2. The summed E-state index contributed by atoms with van der Waals surface area (Å²) in [4.78, 5) is 14.4. The Morgan fingerprint density at radius 2 is 2.06 bits per heavy atom. The molecule has 0 aliphatic carbocycles. The van der Waals surface area contributed by atoms with Crippen LogP contribution in [0.2, 0.25) is 0 Å². The highest BCUT2D eigenvalue weighted by atomic mass is 32.2. The van der Waals surface area contributed by atoms with Gasteiger partial charge >= 0.3 is 0 Å². The van der Waals surface area contributed by atoms with Gasteiger partial charge in [-0.25, -0.2) is 0 Å². The molecule has 2 fully saturated rings. The molecule has 0 aromatic rings. The Labute approximate surface area is 109 Å². The van der Waals surface area contributed by atoms with Crippen LogP contribution < -0.4 is 5.32 Å². The van der Waals surface area contributed by atoms with E-state index in [-0.39, 0.29) is 5.25 Å². The van der Waals surface area contributed by atoms with Crippen LogP contribution in [0.5, 0.6) is 0 Å². The minimum absolute atomic E-state index is 0.241. The second-order valence-corrected chi connectivity index (χ2v) is 6.45. The zero-order chi connectivity index (χ0) is 12.1. The minimum atomic E-state index is 0.241. The summed E-state index contributed by atoms with van der Waals surface area (Å²) < 4.78 is 0. The molecule has 1 N–H and O–H groups in total. The Morgan fingerprint density at radius 1 is 1.18 bits per heavy atom. The van der Waals surface area contributed by atoms with Crippen molar-refractivity contribution in [3.05, 3.63) is 0 Å². The summed E-state index contributed by atoms with van der Waals surface area (Å²) in [6.07, 6.45) is 7.06. The molecule has 0 spiro atoms. The zero-order valence-electron chi connectivity index (χ0n) is 10.8. The standard InChI is InChI=1S/C13H24N2OS/c1-15(11-5-4-8-14-9-7-11)13(16)12-6-2-3-10-17-12/h11-12,14H,2-10H2,1H3. The lowest BCUT2D eigenvalue weighted by atomic mass is 10.1. The van der Waals surface area contributed by atoms with Crippen LogP contribution in [0.4, 0.5) is 0 Å². The van der Waals surface area contributed by atoms with E-state index in [9.17, 15) is 4.79 Å². The van der Waals surface area contributed by atoms with Crippen molar-refractivity contribution in [2.24, 2.45) is 0 Å². The van der Waals surface area contributed by atoms with Gasteiger partial charge in [-0.05, 0) is 50.9 Å². The van der Waals surface area contributed by atoms with Gasteiger partial charge in [-0.2, -0.15) is 0 Å². The molecule has 0 bridgehead atoms. The third-order valence-corrected chi connectivity index (χ3v) is 5.26. The fraction of sp³-hybridized carbons (Fsp3) is 0.923. The molecule has 2 aliphatic heterocycles. The van der Waals surface area contributed by atoms with Gasteiger partial charge in [0.05, 0.1) is 5.25 Å². The van der Waals surface area contributed by atoms with Crippen LogP contribution in [-0.2, 0) is 4.79 Å². The summed E-state index contributed by atoms with van der Waals surface area (Å²) in [5, 5.41) is 3.65. The van der Waals surface area contributed by atoms with Crippen LogP contribution >= 0.6 is 11.8 Å². The van der Waals surface area contributed by atoms with E-state index in [1.807, 2.05) is 23.7 Å². The van der Waals surface area contributed by atoms with Crippen molar-refractivity contribution < 1.29 is 4.79 Å². The molecule has 0 saturated carbocycles. The summed E-state index contributed by atoms with van der Waals surface area (Å²) in [7, 11) is 2.01. The first-order valence-corrected chi connectivity index (χ1v) is 7.93. The molecule has 2 unspecified atom stereocenters. The number of carbonyl (C=O) groups is 1. The second kappa shape index (κ2) is 6.64. The lowest BCUT2D eigenvalue weighted by molar-refractivity contribution is -0.131. The van der Waals surface area contributed by atoms with Crippen molar-refractivity contribution in [2.75, 3.05) is 25.9 Å². The molecule has 2 atom stereocenters. The van der Waals surface area contributed by atoms with E-state index in [1.165, 1.54) is 19.3 Å². The van der Waals surface area contributed by atoms with Gasteiger partial charge in [-0.3, -0.25) is 4.79 Å². The van der Waals surface area contributed by atoms with E-state index in [2.05, 4.69) is 5.32 Å². The molecule has 0 aromatic heterocycles. The van der Waals surface area contributed by atoms with Crippen LogP contribution in [0.1, 0.15) is 38.5 Å². The summed E-state index contributed by atoms with van der Waals surface area (Å²) in [5.74, 6) is 1.54. The highest BCUT2D eigenvalue weighted by Gasteiger charge is 2.28. The molecule has 1 amide bonds. The first-order chi connectivity index (χ1) is 8.29. The van der Waals surface area contributed by atoms with Gasteiger partial charge in [0.15, 0.2) is 0 Å². The highest BCUT2D eigenvalue weighted by molar-refractivity contribution is 8.00. The van der Waals surface area contributed by atoms with Gasteiger partial charge in [-0.1, -0.05) is 6.42 Å². The van der Waals surface area contributed by atoms with Crippen molar-refractivity contribution in [3.8, 4) is 0 Å². The fourth-order valence-electron chi connectivity index (χ4n) is 2.73. The molecule has 4 heteroatoms. The van der Waals surface area contributed by atoms with Gasteiger partial charge in [0.25, 0.3) is 0 Å². The van der Waals surface area contributed by atoms with E-state index < -0.39 is 0 Å². The van der Waals surface area contributed by atoms with Gasteiger partial charge in [0.2, 0.25) is 5.91 Å². The Bertz CT molecular complexity index is 246. The maximum atomic E-state index is 12.4. The average Bonchev–Trinajstić information content (AvgIpc) is 2.67. The van der Waals surface area contributed by atoms with Crippen LogP contribution in [-0.4, -0.2) is 48.0 Å². The molecule has 98 valence electrons. The summed E-state index contributed by atoms with van der Waals surface area (Å²) >= 11 is 1.86. The van der Waals surface area contributed by atoms with Crippen LogP contribution in [0.3, 0.4) is 0 Å². The number of amides is 1. The lowest BCUT2D eigenvalue weighted by Crippen LogP contribution is -2.43. The van der Waals surface area contributed by atoms with Crippen LogP contribution in [0.25, 0.3) is 0 Å². The van der Waals surface area contributed by atoms with E-state index in [0.29, 0.717) is 11.9 Å². The quantitative estimate of drug-likeness (QED) is 0.818. The zero-order valence-corrected chi connectivity index (χ0v) is 11.6. The molecule has 3 nitrogen and oxygen atoms in total. The predicted molar refractivity (Wildman–Crippen MR) is 73.4 cm³/mol. The highest BCUT2D eigenvalue weighted by Crippen LogP contribution is 2.27. The monoisotopic (exact) mass is 256 g/mol. The number of thioether (sulfide) groups is 1. The third kappa shape index (κ3) is 3.62. The molecule has 2 aliphatic rings. The predicted octanol–water partition coefficient (Wildman–Crippen LogP) is 1.87. The molecule has 2 rings (SSSR count). The molecule has 17 heavy (non-hydrogen) atoms. The Balaban J connectivity index is 1.88. The first-order valence-electron chi connectivity index (χ1n) is 6.88. The topological polar surface area (TPSA) is 32.3 Å². The van der Waals surface area contributed by atoms with Gasteiger partial charge in [0.1, 0.15) is 0 Å². The second-order valence-electron chi connectivity index (χ2n) is 5.14. The van der Waals surface area contributed by atoms with E-state index in [0.717, 1.165) is 38.1 Å². The molecular formula is C13H24N2OS. The number of hydrogen-bond donors (Lipinski definition) is 1. The molecular weight excluding hydrogens is 232 g/mol. The molecule has 2 saturated heterocycles. The molecule has 0 aromatic carbocycles. The Morgan fingerprint density at radius 3 is 2.82 bits per heavy atom. The van der Waals surface area contributed by atoms with Crippen LogP contribution in [0.15, 0.2) is 0 Å². The van der Waals surface area contributed by atoms with Gasteiger partial charge < -0.3 is 10.2 Å². The Kier molecular flexibility index (Phi) is 5.16. The number of carbonyl (C=O) groups excluding carboxylic acids is 1. The summed E-state index contributed by atoms with van der Waals surface area (Å²) in [6.45, 7) is 2.16. The smallest absolute Gasteiger partial charge is 0.235 e. The van der Waals surface area contributed by atoms with Gasteiger partial charge in [-0.15, -0.1) is 11.8 Å². The van der Waals surface area contributed by atoms with Crippen molar-refractivity contribution in [1.82, 2.24) is 10.2 Å². The summed E-state index contributed by atoms with van der Waals surface area (Å²) in [5.41, 5.74) is 0. The number of nitrogens with zero attached hydrogens (tertiary/aromatic N) is 1.